The maximum Gasteiger partial charge on any atom is 0.0594 e. The summed E-state index contributed by atoms with van der Waals surface area (Å²) in [6, 6.07) is 9.53. The number of hydrogen-bond donors (Lipinski definition) is 0. The monoisotopic (exact) mass is 345 g/mol. The second-order valence-electron chi connectivity index (χ2n) is 8.79. The maximum atomic E-state index is 5.48. The molecule has 2 aliphatic rings. The molecule has 25 heavy (non-hydrogen) atoms. The van der Waals surface area contributed by atoms with Crippen molar-refractivity contribution >= 4 is 0 Å². The van der Waals surface area contributed by atoms with Crippen molar-refractivity contribution < 1.29 is 4.74 Å². The number of morpholine rings is 1. The largest absolute Gasteiger partial charge is 0.379 e. The van der Waals surface area contributed by atoms with E-state index in [2.05, 4.69) is 66.9 Å². The third-order valence-corrected chi connectivity index (χ3v) is 5.59. The Labute approximate surface area is 153 Å². The summed E-state index contributed by atoms with van der Waals surface area (Å²) in [6.07, 6.45) is 1.17. The molecule has 1 aromatic rings. The van der Waals surface area contributed by atoms with Crippen LogP contribution in [0.4, 0.5) is 0 Å². The first kappa shape index (κ1) is 18.8. The van der Waals surface area contributed by atoms with Gasteiger partial charge in [0.1, 0.15) is 0 Å². The summed E-state index contributed by atoms with van der Waals surface area (Å²) in [4.78, 5) is 7.61. The molecule has 1 fully saturated rings. The lowest BCUT2D eigenvalue weighted by Crippen LogP contribution is -2.49. The van der Waals surface area contributed by atoms with E-state index in [9.17, 15) is 0 Å². The summed E-state index contributed by atoms with van der Waals surface area (Å²) in [5.74, 6) is 0. The van der Waals surface area contributed by atoms with Crippen molar-refractivity contribution in [2.45, 2.75) is 32.9 Å². The Kier molecular flexibility index (Phi) is 6.16. The lowest BCUT2D eigenvalue weighted by molar-refractivity contribution is 0.0150. The Morgan fingerprint density at radius 3 is 2.56 bits per heavy atom. The second kappa shape index (κ2) is 8.17. The van der Waals surface area contributed by atoms with E-state index in [1.165, 1.54) is 17.5 Å². The molecule has 0 unspecified atom stereocenters. The van der Waals surface area contributed by atoms with E-state index in [0.717, 1.165) is 52.5 Å². The van der Waals surface area contributed by atoms with Gasteiger partial charge in [-0.3, -0.25) is 9.80 Å². The molecule has 0 saturated carbocycles. The lowest BCUT2D eigenvalue weighted by Gasteiger charge is -2.40. The highest BCUT2D eigenvalue weighted by molar-refractivity contribution is 5.30. The Bertz CT molecular complexity index is 554. The summed E-state index contributed by atoms with van der Waals surface area (Å²) >= 11 is 0. The van der Waals surface area contributed by atoms with E-state index in [1.54, 1.807) is 0 Å². The molecule has 0 radical (unpaired) electrons. The van der Waals surface area contributed by atoms with Crippen molar-refractivity contribution in [3.8, 4) is 0 Å². The molecule has 1 saturated heterocycles. The smallest absolute Gasteiger partial charge is 0.0594 e. The van der Waals surface area contributed by atoms with Crippen LogP contribution in [0, 0.1) is 5.41 Å². The fourth-order valence-electron chi connectivity index (χ4n) is 4.49. The van der Waals surface area contributed by atoms with Gasteiger partial charge in [0.15, 0.2) is 0 Å². The van der Waals surface area contributed by atoms with Gasteiger partial charge in [0.2, 0.25) is 0 Å². The van der Waals surface area contributed by atoms with Gasteiger partial charge in [-0.1, -0.05) is 38.1 Å². The molecule has 140 valence electrons. The first-order valence-corrected chi connectivity index (χ1v) is 9.69. The molecule has 2 aliphatic heterocycles. The molecule has 1 aromatic carbocycles. The number of likely N-dealkylation sites (N-methyl/N-ethyl adjacent to an activating group) is 2. The molecule has 0 aliphatic carbocycles. The van der Waals surface area contributed by atoms with Gasteiger partial charge in [-0.25, -0.2) is 0 Å². The van der Waals surface area contributed by atoms with E-state index >= 15 is 0 Å². The molecular formula is C21H35N3O. The van der Waals surface area contributed by atoms with Crippen LogP contribution in [0.25, 0.3) is 0 Å². The van der Waals surface area contributed by atoms with Crippen LogP contribution in [0.3, 0.4) is 0 Å². The SMILES string of the molecule is CN(C[C@@H]1Cc2ccccc2CN1C)CC(C)(C)CN1CCOCC1. The molecule has 4 heteroatoms. The third kappa shape index (κ3) is 5.27. The minimum Gasteiger partial charge on any atom is -0.379 e. The van der Waals surface area contributed by atoms with Gasteiger partial charge >= 0.3 is 0 Å². The summed E-state index contributed by atoms with van der Waals surface area (Å²) in [5.41, 5.74) is 3.33. The topological polar surface area (TPSA) is 19.0 Å². The first-order chi connectivity index (χ1) is 11.9. The fraction of sp³-hybridized carbons (Fsp3) is 0.714. The molecule has 0 amide bonds. The normalized spacial score (nSPS) is 23.0. The van der Waals surface area contributed by atoms with Gasteiger partial charge in [-0.2, -0.15) is 0 Å². The second-order valence-corrected chi connectivity index (χ2v) is 8.79. The van der Waals surface area contributed by atoms with Crippen LogP contribution < -0.4 is 0 Å². The predicted molar refractivity (Wildman–Crippen MR) is 104 cm³/mol. The summed E-state index contributed by atoms with van der Waals surface area (Å²) in [5, 5.41) is 0. The van der Waals surface area contributed by atoms with Gasteiger partial charge in [0.25, 0.3) is 0 Å². The zero-order chi connectivity index (χ0) is 17.9. The zero-order valence-electron chi connectivity index (χ0n) is 16.5. The van der Waals surface area contributed by atoms with Crippen molar-refractivity contribution in [3.05, 3.63) is 35.4 Å². The zero-order valence-corrected chi connectivity index (χ0v) is 16.5. The van der Waals surface area contributed by atoms with E-state index in [0.29, 0.717) is 11.5 Å². The summed E-state index contributed by atoms with van der Waals surface area (Å²) in [7, 11) is 4.56. The average Bonchev–Trinajstić information content (AvgIpc) is 2.55. The molecule has 0 spiro atoms. The van der Waals surface area contributed by atoms with Crippen LogP contribution in [0.15, 0.2) is 24.3 Å². The summed E-state index contributed by atoms with van der Waals surface area (Å²) in [6.45, 7) is 13.2. The average molecular weight is 346 g/mol. The van der Waals surface area contributed by atoms with Crippen molar-refractivity contribution in [2.24, 2.45) is 5.41 Å². The highest BCUT2D eigenvalue weighted by Crippen LogP contribution is 2.24. The number of nitrogens with zero attached hydrogens (tertiary/aromatic N) is 3. The molecule has 0 N–H and O–H groups in total. The molecule has 1 atom stereocenters. The first-order valence-electron chi connectivity index (χ1n) is 9.69. The highest BCUT2D eigenvalue weighted by atomic mass is 16.5. The molecule has 4 nitrogen and oxygen atoms in total. The van der Waals surface area contributed by atoms with E-state index in [1.807, 2.05) is 0 Å². The molecule has 3 rings (SSSR count). The third-order valence-electron chi connectivity index (χ3n) is 5.59. The maximum absolute atomic E-state index is 5.48. The van der Waals surface area contributed by atoms with Crippen LogP contribution in [0.5, 0.6) is 0 Å². The van der Waals surface area contributed by atoms with Gasteiger partial charge in [-0.05, 0) is 37.1 Å². The van der Waals surface area contributed by atoms with E-state index < -0.39 is 0 Å². The van der Waals surface area contributed by atoms with Crippen LogP contribution in [-0.4, -0.2) is 80.8 Å². The van der Waals surface area contributed by atoms with Crippen molar-refractivity contribution in [1.29, 1.82) is 0 Å². The molecule has 0 aromatic heterocycles. The number of hydrogen-bond acceptors (Lipinski definition) is 4. The molecule has 0 bridgehead atoms. The van der Waals surface area contributed by atoms with Crippen molar-refractivity contribution in [1.82, 2.24) is 14.7 Å². The minimum absolute atomic E-state index is 0.303. The highest BCUT2D eigenvalue weighted by Gasteiger charge is 2.28. The Balaban J connectivity index is 1.52. The number of rotatable bonds is 6. The van der Waals surface area contributed by atoms with Crippen LogP contribution in [0.2, 0.25) is 0 Å². The van der Waals surface area contributed by atoms with Crippen LogP contribution in [-0.2, 0) is 17.7 Å². The fourth-order valence-corrected chi connectivity index (χ4v) is 4.49. The van der Waals surface area contributed by atoms with E-state index in [-0.39, 0.29) is 0 Å². The summed E-state index contributed by atoms with van der Waals surface area (Å²) < 4.78 is 5.48. The Morgan fingerprint density at radius 2 is 1.84 bits per heavy atom. The van der Waals surface area contributed by atoms with Crippen molar-refractivity contribution in [2.75, 3.05) is 60.0 Å². The quantitative estimate of drug-likeness (QED) is 0.788. The molecular weight excluding hydrogens is 310 g/mol. The van der Waals surface area contributed by atoms with Crippen molar-refractivity contribution in [3.63, 3.8) is 0 Å². The van der Waals surface area contributed by atoms with Gasteiger partial charge in [0.05, 0.1) is 13.2 Å². The Morgan fingerprint density at radius 1 is 1.16 bits per heavy atom. The van der Waals surface area contributed by atoms with Crippen LogP contribution in [0.1, 0.15) is 25.0 Å². The van der Waals surface area contributed by atoms with Gasteiger partial charge in [-0.15, -0.1) is 0 Å². The predicted octanol–water partition coefficient (Wildman–Crippen LogP) is 2.33. The standard InChI is InChI=1S/C21H35N3O/c1-21(2,17-24-9-11-25-12-10-24)16-22(3)15-20-13-18-7-5-6-8-19(18)14-23(20)4/h5-8,20H,9-17H2,1-4H3/t20-/m0/s1. The van der Waals surface area contributed by atoms with Gasteiger partial charge < -0.3 is 9.64 Å². The van der Waals surface area contributed by atoms with Crippen LogP contribution >= 0.6 is 0 Å². The number of fused-ring (bicyclic) bond motifs is 1. The molecule has 2 heterocycles. The number of benzene rings is 1. The minimum atomic E-state index is 0.303. The van der Waals surface area contributed by atoms with E-state index in [4.69, 9.17) is 4.74 Å². The lowest BCUT2D eigenvalue weighted by atomic mass is 9.90. The Hall–Kier alpha value is -0.940. The number of ether oxygens (including phenoxy) is 1. The van der Waals surface area contributed by atoms with Gasteiger partial charge in [0, 0.05) is 45.3 Å².